The molecule has 0 aromatic heterocycles. The van der Waals surface area contributed by atoms with E-state index in [0.717, 1.165) is 16.7 Å². The van der Waals surface area contributed by atoms with Crippen molar-refractivity contribution in [1.82, 2.24) is 10.2 Å². The molecule has 1 aromatic carbocycles. The van der Waals surface area contributed by atoms with E-state index < -0.39 is 52.6 Å². The summed E-state index contributed by atoms with van der Waals surface area (Å²) in [6, 6.07) is 5.80. The lowest BCUT2D eigenvalue weighted by atomic mass is 10.0. The topological polar surface area (TPSA) is 133 Å². The maximum atomic E-state index is 12.2. The minimum absolute atomic E-state index is 0.420. The molecule has 1 heterocycles. The van der Waals surface area contributed by atoms with E-state index in [1.807, 2.05) is 0 Å². The Balaban J connectivity index is 2.17. The van der Waals surface area contributed by atoms with Crippen molar-refractivity contribution >= 4 is 35.5 Å². The Morgan fingerprint density at radius 1 is 1.21 bits per heavy atom. The molecule has 10 heteroatoms. The molecule has 1 aliphatic heterocycles. The summed E-state index contributed by atoms with van der Waals surface area (Å²) < 4.78 is 4.36. The average Bonchev–Trinajstić information content (AvgIpc) is 2.89. The summed E-state index contributed by atoms with van der Waals surface area (Å²) in [6.07, 6.45) is 0. The van der Waals surface area contributed by atoms with E-state index in [2.05, 4.69) is 5.32 Å². The van der Waals surface area contributed by atoms with Gasteiger partial charge in [-0.05, 0) is 26.0 Å². The molecule has 0 spiro atoms. The molecule has 0 bridgehead atoms. The Labute approximate surface area is 166 Å². The van der Waals surface area contributed by atoms with E-state index in [9.17, 15) is 29.4 Å². The van der Waals surface area contributed by atoms with Gasteiger partial charge in [-0.3, -0.25) is 9.59 Å². The van der Waals surface area contributed by atoms with E-state index >= 15 is 0 Å². The van der Waals surface area contributed by atoms with Crippen molar-refractivity contribution in [2.45, 2.75) is 43.0 Å². The quantitative estimate of drug-likeness (QED) is 0.601. The summed E-state index contributed by atoms with van der Waals surface area (Å²) in [5.41, 5.74) is 0. The fourth-order valence-corrected chi connectivity index (χ4v) is 4.73. The first-order valence-corrected chi connectivity index (χ1v) is 9.32. The fourth-order valence-electron chi connectivity index (χ4n) is 3.06. The zero-order chi connectivity index (χ0) is 21.1. The molecule has 2 rings (SSSR count). The molecule has 2 amide bonds. The van der Waals surface area contributed by atoms with Crippen LogP contribution in [0.2, 0.25) is 0 Å². The standard InChI is InChI=1S/C18H22N2O7S/c1-10(21)20-14(17(25)26)18(2,3)28-15(20)13(16(23)24)19-12(22)9-27-11-7-5-4-6-8-11/h4-8,13-15H,9H2,1-3H3,(H,19,22)(H,23,24)(H,25,26)/t13-,14-,15+/m0/s1. The van der Waals surface area contributed by atoms with Gasteiger partial charge >= 0.3 is 11.9 Å². The number of para-hydroxylation sites is 1. The lowest BCUT2D eigenvalue weighted by Crippen LogP contribution is -2.57. The highest BCUT2D eigenvalue weighted by Crippen LogP contribution is 2.45. The van der Waals surface area contributed by atoms with Gasteiger partial charge in [-0.15, -0.1) is 11.8 Å². The van der Waals surface area contributed by atoms with E-state index in [1.165, 1.54) is 6.92 Å². The third-order valence-electron chi connectivity index (χ3n) is 4.21. The summed E-state index contributed by atoms with van der Waals surface area (Å²) >= 11 is 1.02. The Morgan fingerprint density at radius 3 is 2.32 bits per heavy atom. The normalized spacial score (nSPS) is 21.6. The average molecular weight is 410 g/mol. The third kappa shape index (κ3) is 4.75. The van der Waals surface area contributed by atoms with E-state index in [-0.39, 0.29) is 0 Å². The Bertz CT molecular complexity index is 768. The summed E-state index contributed by atoms with van der Waals surface area (Å²) in [5, 5.41) is 20.4. The van der Waals surface area contributed by atoms with Crippen molar-refractivity contribution in [2.75, 3.05) is 6.61 Å². The van der Waals surface area contributed by atoms with E-state index in [4.69, 9.17) is 4.74 Å². The number of aliphatic carboxylic acids is 2. The summed E-state index contributed by atoms with van der Waals surface area (Å²) in [6.45, 7) is 3.98. The van der Waals surface area contributed by atoms with Gasteiger partial charge in [0.2, 0.25) is 5.91 Å². The van der Waals surface area contributed by atoms with Gasteiger partial charge in [-0.2, -0.15) is 0 Å². The van der Waals surface area contributed by atoms with Crippen LogP contribution in [0.1, 0.15) is 20.8 Å². The fraction of sp³-hybridized carbons (Fsp3) is 0.444. The van der Waals surface area contributed by atoms with Crippen LogP contribution in [0.5, 0.6) is 5.75 Å². The summed E-state index contributed by atoms with van der Waals surface area (Å²) in [5.74, 6) is -3.46. The number of ether oxygens (including phenoxy) is 1. The molecule has 0 unspecified atom stereocenters. The maximum absolute atomic E-state index is 12.2. The van der Waals surface area contributed by atoms with Gasteiger partial charge in [-0.1, -0.05) is 18.2 Å². The number of benzene rings is 1. The number of nitrogens with zero attached hydrogens (tertiary/aromatic N) is 1. The number of hydrogen-bond acceptors (Lipinski definition) is 6. The molecule has 3 atom stereocenters. The molecular weight excluding hydrogens is 388 g/mol. The second-order valence-corrected chi connectivity index (χ2v) is 8.53. The number of amides is 2. The molecule has 152 valence electrons. The van der Waals surface area contributed by atoms with Crippen LogP contribution in [0.15, 0.2) is 30.3 Å². The molecule has 0 radical (unpaired) electrons. The Kier molecular flexibility index (Phi) is 6.55. The monoisotopic (exact) mass is 410 g/mol. The number of nitrogens with one attached hydrogen (secondary N) is 1. The van der Waals surface area contributed by atoms with Crippen LogP contribution in [0.3, 0.4) is 0 Å². The Morgan fingerprint density at radius 2 is 1.82 bits per heavy atom. The number of carboxylic acids is 2. The first-order chi connectivity index (χ1) is 13.0. The molecule has 1 aromatic rings. The van der Waals surface area contributed by atoms with Gasteiger partial charge in [-0.25, -0.2) is 9.59 Å². The Hall–Kier alpha value is -2.75. The van der Waals surface area contributed by atoms with Crippen molar-refractivity contribution in [1.29, 1.82) is 0 Å². The molecule has 28 heavy (non-hydrogen) atoms. The van der Waals surface area contributed by atoms with Crippen LogP contribution in [0.4, 0.5) is 0 Å². The SMILES string of the molecule is CC(=O)N1[C@@H]([C@H](NC(=O)COc2ccccc2)C(=O)O)SC(C)(C)[C@@H]1C(=O)O. The second-order valence-electron chi connectivity index (χ2n) is 6.76. The molecule has 9 nitrogen and oxygen atoms in total. The lowest BCUT2D eigenvalue weighted by Gasteiger charge is -2.31. The number of carbonyl (C=O) groups is 4. The van der Waals surface area contributed by atoms with Crippen molar-refractivity contribution in [3.8, 4) is 5.75 Å². The van der Waals surface area contributed by atoms with Gasteiger partial charge in [0.15, 0.2) is 12.6 Å². The van der Waals surface area contributed by atoms with Crippen molar-refractivity contribution < 1.29 is 34.1 Å². The van der Waals surface area contributed by atoms with Crippen LogP contribution < -0.4 is 10.1 Å². The number of carbonyl (C=O) groups excluding carboxylic acids is 2. The van der Waals surface area contributed by atoms with Crippen molar-refractivity contribution in [2.24, 2.45) is 0 Å². The van der Waals surface area contributed by atoms with Crippen molar-refractivity contribution in [3.05, 3.63) is 30.3 Å². The lowest BCUT2D eigenvalue weighted by molar-refractivity contribution is -0.153. The molecule has 3 N–H and O–H groups in total. The van der Waals surface area contributed by atoms with Crippen LogP contribution in [-0.4, -0.2) is 67.7 Å². The van der Waals surface area contributed by atoms with E-state index in [1.54, 1.807) is 44.2 Å². The highest BCUT2D eigenvalue weighted by Gasteiger charge is 2.56. The molecular formula is C18H22N2O7S. The van der Waals surface area contributed by atoms with Gasteiger partial charge in [0, 0.05) is 11.7 Å². The molecule has 1 fully saturated rings. The van der Waals surface area contributed by atoms with Crippen LogP contribution >= 0.6 is 11.8 Å². The zero-order valence-corrected chi connectivity index (χ0v) is 16.4. The predicted octanol–water partition coefficient (Wildman–Crippen LogP) is 0.788. The summed E-state index contributed by atoms with van der Waals surface area (Å²) in [4.78, 5) is 48.8. The number of carboxylic acid groups (broad SMARTS) is 2. The van der Waals surface area contributed by atoms with Crippen LogP contribution in [-0.2, 0) is 19.2 Å². The zero-order valence-electron chi connectivity index (χ0n) is 15.6. The molecule has 1 saturated heterocycles. The third-order valence-corrected chi connectivity index (χ3v) is 5.79. The van der Waals surface area contributed by atoms with Crippen molar-refractivity contribution in [3.63, 3.8) is 0 Å². The van der Waals surface area contributed by atoms with Gasteiger partial charge in [0.25, 0.3) is 5.91 Å². The van der Waals surface area contributed by atoms with Crippen LogP contribution in [0, 0.1) is 0 Å². The first kappa shape index (κ1) is 21.5. The molecule has 1 aliphatic rings. The minimum Gasteiger partial charge on any atom is -0.484 e. The summed E-state index contributed by atoms with van der Waals surface area (Å²) in [7, 11) is 0. The molecule has 0 saturated carbocycles. The van der Waals surface area contributed by atoms with E-state index in [0.29, 0.717) is 5.75 Å². The van der Waals surface area contributed by atoms with Gasteiger partial charge in [0.1, 0.15) is 17.2 Å². The largest absolute Gasteiger partial charge is 0.484 e. The van der Waals surface area contributed by atoms with Gasteiger partial charge < -0.3 is 25.2 Å². The number of thioether (sulfide) groups is 1. The maximum Gasteiger partial charge on any atom is 0.329 e. The van der Waals surface area contributed by atoms with Crippen LogP contribution in [0.25, 0.3) is 0 Å². The van der Waals surface area contributed by atoms with Gasteiger partial charge in [0.05, 0.1) is 0 Å². The number of rotatable bonds is 7. The molecule has 0 aliphatic carbocycles. The number of hydrogen-bond donors (Lipinski definition) is 3. The highest BCUT2D eigenvalue weighted by molar-refractivity contribution is 8.01. The highest BCUT2D eigenvalue weighted by atomic mass is 32.2. The minimum atomic E-state index is -1.50. The smallest absolute Gasteiger partial charge is 0.329 e. The predicted molar refractivity (Wildman–Crippen MR) is 101 cm³/mol. The second kappa shape index (κ2) is 8.51. The first-order valence-electron chi connectivity index (χ1n) is 8.44.